The molecule has 7 nitrogen and oxygen atoms in total. The van der Waals surface area contributed by atoms with Crippen LogP contribution >= 0.6 is 11.6 Å². The van der Waals surface area contributed by atoms with E-state index in [-0.39, 0.29) is 19.0 Å². The van der Waals surface area contributed by atoms with Gasteiger partial charge in [0, 0.05) is 21.8 Å². The number of carbonyl (C=O) groups is 1. The lowest BCUT2D eigenvalue weighted by atomic mass is 10.0. The molecule has 0 fully saturated rings. The van der Waals surface area contributed by atoms with Crippen LogP contribution in [0.5, 0.6) is 5.75 Å². The zero-order valence-electron chi connectivity index (χ0n) is 13.2. The summed E-state index contributed by atoms with van der Waals surface area (Å²) in [6.45, 7) is -0.159. The second-order valence-corrected chi connectivity index (χ2v) is 5.60. The summed E-state index contributed by atoms with van der Waals surface area (Å²) in [7, 11) is 0. The monoisotopic (exact) mass is 363 g/mol. The number of halogens is 1. The van der Waals surface area contributed by atoms with Crippen molar-refractivity contribution in [2.24, 2.45) is 5.73 Å². The minimum Gasteiger partial charge on any atom is -0.491 e. The average Bonchev–Trinajstić information content (AvgIpc) is 2.58. The van der Waals surface area contributed by atoms with E-state index in [9.17, 15) is 9.90 Å². The van der Waals surface area contributed by atoms with Gasteiger partial charge in [0.05, 0.1) is 6.61 Å². The largest absolute Gasteiger partial charge is 0.491 e. The Morgan fingerprint density at radius 1 is 1.28 bits per heavy atom. The Morgan fingerprint density at radius 2 is 1.96 bits per heavy atom. The Morgan fingerprint density at radius 3 is 2.52 bits per heavy atom. The van der Waals surface area contributed by atoms with Crippen LogP contribution in [0.1, 0.15) is 17.2 Å². The molecule has 0 amide bonds. The number of hydrogen-bond acceptors (Lipinski definition) is 5. The van der Waals surface area contributed by atoms with Crippen LogP contribution in [0.15, 0.2) is 42.5 Å². The van der Waals surface area contributed by atoms with E-state index in [1.54, 1.807) is 36.4 Å². The first kappa shape index (κ1) is 18.6. The Hall–Kier alpha value is -2.77. The number of amidine groups is 1. The van der Waals surface area contributed by atoms with E-state index in [1.807, 2.05) is 0 Å². The molecule has 8 heteroatoms. The zero-order valence-corrected chi connectivity index (χ0v) is 14.0. The lowest BCUT2D eigenvalue weighted by molar-refractivity contribution is -0.138. The molecule has 1 unspecified atom stereocenters. The summed E-state index contributed by atoms with van der Waals surface area (Å²) in [6.07, 6.45) is 0. The van der Waals surface area contributed by atoms with Gasteiger partial charge in [-0.3, -0.25) is 5.41 Å². The molecule has 6 N–H and O–H groups in total. The Kier molecular flexibility index (Phi) is 6.21. The van der Waals surface area contributed by atoms with Gasteiger partial charge in [-0.05, 0) is 42.5 Å². The van der Waals surface area contributed by atoms with Gasteiger partial charge in [0.25, 0.3) is 0 Å². The Labute approximate surface area is 149 Å². The third-order valence-corrected chi connectivity index (χ3v) is 3.62. The van der Waals surface area contributed by atoms with Gasteiger partial charge in [-0.2, -0.15) is 0 Å². The molecule has 0 saturated carbocycles. The van der Waals surface area contributed by atoms with Crippen LogP contribution in [0.3, 0.4) is 0 Å². The van der Waals surface area contributed by atoms with Crippen molar-refractivity contribution in [2.45, 2.75) is 6.04 Å². The Balaban J connectivity index is 2.33. The van der Waals surface area contributed by atoms with Crippen LogP contribution in [-0.2, 0) is 4.79 Å². The molecule has 25 heavy (non-hydrogen) atoms. The Bertz CT molecular complexity index is 765. The molecule has 132 valence electrons. The smallest absolute Gasteiger partial charge is 0.330 e. The first-order valence-corrected chi connectivity index (χ1v) is 7.77. The number of rotatable bonds is 8. The molecule has 0 spiro atoms. The topological polar surface area (TPSA) is 129 Å². The molecule has 0 saturated heterocycles. The number of nitrogens with two attached hydrogens (primary N) is 1. The first-order valence-electron chi connectivity index (χ1n) is 7.39. The molecule has 2 aromatic carbocycles. The van der Waals surface area contributed by atoms with Crippen molar-refractivity contribution in [2.75, 3.05) is 18.5 Å². The van der Waals surface area contributed by atoms with Crippen LogP contribution in [0.2, 0.25) is 5.02 Å². The maximum atomic E-state index is 11.8. The van der Waals surface area contributed by atoms with E-state index in [0.717, 1.165) is 0 Å². The van der Waals surface area contributed by atoms with Crippen molar-refractivity contribution < 1.29 is 19.7 Å². The lowest BCUT2D eigenvalue weighted by Crippen LogP contribution is -2.22. The minimum atomic E-state index is -1.12. The number of hydrogen-bond donors (Lipinski definition) is 5. The second-order valence-electron chi connectivity index (χ2n) is 5.16. The lowest BCUT2D eigenvalue weighted by Gasteiger charge is -2.20. The molecular weight excluding hydrogens is 346 g/mol. The summed E-state index contributed by atoms with van der Waals surface area (Å²) in [4.78, 5) is 11.8. The predicted molar refractivity (Wildman–Crippen MR) is 95.5 cm³/mol. The maximum Gasteiger partial charge on any atom is 0.330 e. The van der Waals surface area contributed by atoms with Crippen molar-refractivity contribution in [3.63, 3.8) is 0 Å². The number of nitrogen functional groups attached to an aromatic ring is 1. The number of anilines is 1. The predicted octanol–water partition coefficient (Wildman–Crippen LogP) is 2.23. The number of carboxylic acid groups (broad SMARTS) is 1. The standard InChI is InChI=1S/C17H18ClN3O4/c18-11-3-6-14(25-8-7-22)13(9-11)15(17(23)24)21-12-4-1-10(2-5-12)16(19)20/h1-6,9,15,21-22H,7-8H2,(H3,19,20)(H,23,24). The maximum absolute atomic E-state index is 11.8. The second kappa shape index (κ2) is 8.36. The van der Waals surface area contributed by atoms with Crippen molar-refractivity contribution in [3.8, 4) is 5.75 Å². The van der Waals surface area contributed by atoms with Crippen molar-refractivity contribution in [1.82, 2.24) is 0 Å². The number of benzene rings is 2. The molecular formula is C17H18ClN3O4. The fourth-order valence-electron chi connectivity index (χ4n) is 2.22. The molecule has 0 aromatic heterocycles. The van der Waals surface area contributed by atoms with Crippen LogP contribution in [0.4, 0.5) is 5.69 Å². The highest BCUT2D eigenvalue weighted by Gasteiger charge is 2.24. The van der Waals surface area contributed by atoms with Gasteiger partial charge in [-0.15, -0.1) is 0 Å². The van der Waals surface area contributed by atoms with E-state index >= 15 is 0 Å². The van der Waals surface area contributed by atoms with Crippen molar-refractivity contribution >= 4 is 29.1 Å². The molecule has 0 aliphatic rings. The quantitative estimate of drug-likeness (QED) is 0.361. The van der Waals surface area contributed by atoms with Gasteiger partial charge in [0.15, 0.2) is 6.04 Å². The SMILES string of the molecule is N=C(N)c1ccc(NC(C(=O)O)c2cc(Cl)ccc2OCCO)cc1. The summed E-state index contributed by atoms with van der Waals surface area (Å²) < 4.78 is 5.40. The zero-order chi connectivity index (χ0) is 18.4. The normalized spacial score (nSPS) is 11.6. The molecule has 2 aromatic rings. The number of aliphatic carboxylic acids is 1. The van der Waals surface area contributed by atoms with Crippen LogP contribution in [-0.4, -0.2) is 35.2 Å². The molecule has 0 bridgehead atoms. The fraction of sp³-hybridized carbons (Fsp3) is 0.176. The number of aliphatic hydroxyl groups is 1. The third-order valence-electron chi connectivity index (χ3n) is 3.39. The van der Waals surface area contributed by atoms with Gasteiger partial charge in [-0.1, -0.05) is 11.6 Å². The number of aliphatic hydroxyl groups excluding tert-OH is 1. The summed E-state index contributed by atoms with van der Waals surface area (Å²) in [6, 6.07) is 10.0. The fourth-order valence-corrected chi connectivity index (χ4v) is 2.40. The minimum absolute atomic E-state index is 0.0360. The third kappa shape index (κ3) is 4.85. The number of ether oxygens (including phenoxy) is 1. The van der Waals surface area contributed by atoms with Crippen molar-refractivity contribution in [3.05, 3.63) is 58.6 Å². The molecule has 1 atom stereocenters. The van der Waals surface area contributed by atoms with Gasteiger partial charge >= 0.3 is 5.97 Å². The molecule has 0 heterocycles. The van der Waals surface area contributed by atoms with Gasteiger partial charge in [-0.25, -0.2) is 4.79 Å². The van der Waals surface area contributed by atoms with E-state index in [0.29, 0.717) is 27.6 Å². The molecule has 2 rings (SSSR count). The van der Waals surface area contributed by atoms with E-state index in [2.05, 4.69) is 5.32 Å². The number of carboxylic acids is 1. The highest BCUT2D eigenvalue weighted by Crippen LogP contribution is 2.31. The highest BCUT2D eigenvalue weighted by molar-refractivity contribution is 6.30. The van der Waals surface area contributed by atoms with Gasteiger partial charge in [0.1, 0.15) is 18.2 Å². The summed E-state index contributed by atoms with van der Waals surface area (Å²) in [5, 5.41) is 29.2. The van der Waals surface area contributed by atoms with Crippen LogP contribution in [0, 0.1) is 5.41 Å². The van der Waals surface area contributed by atoms with E-state index in [4.69, 9.17) is 32.6 Å². The summed E-state index contributed by atoms with van der Waals surface area (Å²) >= 11 is 6.00. The molecule has 0 aliphatic heterocycles. The van der Waals surface area contributed by atoms with E-state index < -0.39 is 12.0 Å². The van der Waals surface area contributed by atoms with Crippen LogP contribution in [0.25, 0.3) is 0 Å². The van der Waals surface area contributed by atoms with Gasteiger partial charge < -0.3 is 26.0 Å². The molecule has 0 radical (unpaired) electrons. The van der Waals surface area contributed by atoms with E-state index in [1.165, 1.54) is 6.07 Å². The highest BCUT2D eigenvalue weighted by atomic mass is 35.5. The van der Waals surface area contributed by atoms with Crippen LogP contribution < -0.4 is 15.8 Å². The average molecular weight is 364 g/mol. The molecule has 0 aliphatic carbocycles. The van der Waals surface area contributed by atoms with Gasteiger partial charge in [0.2, 0.25) is 0 Å². The van der Waals surface area contributed by atoms with Crippen molar-refractivity contribution in [1.29, 1.82) is 5.41 Å². The number of nitrogens with one attached hydrogen (secondary N) is 2. The first-order chi connectivity index (χ1) is 11.9. The summed E-state index contributed by atoms with van der Waals surface area (Å²) in [5.74, 6) is -0.874. The summed E-state index contributed by atoms with van der Waals surface area (Å²) in [5.41, 5.74) is 6.81.